The van der Waals surface area contributed by atoms with Gasteiger partial charge in [-0.2, -0.15) is 0 Å². The van der Waals surface area contributed by atoms with Crippen LogP contribution in [0.25, 0.3) is 132 Å². The van der Waals surface area contributed by atoms with Crippen molar-refractivity contribution in [1.82, 2.24) is 15.0 Å². The van der Waals surface area contributed by atoms with Gasteiger partial charge in [0.25, 0.3) is 0 Å². The van der Waals surface area contributed by atoms with Gasteiger partial charge in [0, 0.05) is 38.2 Å². The van der Waals surface area contributed by atoms with Crippen molar-refractivity contribution in [2.24, 2.45) is 0 Å². The average Bonchev–Trinajstić information content (AvgIpc) is 3.90. The molecule has 0 radical (unpaired) electrons. The van der Waals surface area contributed by atoms with Crippen LogP contribution in [0.3, 0.4) is 0 Å². The van der Waals surface area contributed by atoms with E-state index in [0.29, 0.717) is 17.5 Å². The van der Waals surface area contributed by atoms with Crippen LogP contribution < -0.4 is 0 Å². The standard InChI is InChI=1S/C55H31N3O2/c1-2-15-36-34(13-1)35-14-3-5-17-38(35)50-39-18-6-4-16-37(39)44(31-45(36)50)32-27-29-33(30-28-32)53-56-54(42-21-11-25-48-51(42)40-19-7-9-23-46(40)59-48)58-55(57-53)43-22-12-26-49-52(43)41-20-8-10-24-47(41)60-49/h1-31H. The first-order valence-corrected chi connectivity index (χ1v) is 20.2. The van der Waals surface area contributed by atoms with Gasteiger partial charge in [-0.3, -0.25) is 0 Å². The zero-order chi connectivity index (χ0) is 39.3. The van der Waals surface area contributed by atoms with Crippen molar-refractivity contribution in [3.63, 3.8) is 0 Å². The molecule has 0 saturated heterocycles. The summed E-state index contributed by atoms with van der Waals surface area (Å²) in [4.78, 5) is 15.7. The van der Waals surface area contributed by atoms with Crippen LogP contribution in [-0.2, 0) is 0 Å². The quantitative estimate of drug-likeness (QED) is 0.167. The smallest absolute Gasteiger partial charge is 0.164 e. The Morgan fingerprint density at radius 1 is 0.250 bits per heavy atom. The number of fused-ring (bicyclic) bond motifs is 14. The van der Waals surface area contributed by atoms with Gasteiger partial charge in [0.05, 0.1) is 0 Å². The van der Waals surface area contributed by atoms with Crippen LogP contribution in [0.2, 0.25) is 0 Å². The third-order valence-corrected chi connectivity index (χ3v) is 12.1. The molecule has 0 aliphatic carbocycles. The van der Waals surface area contributed by atoms with Gasteiger partial charge in [0.1, 0.15) is 22.3 Å². The zero-order valence-electron chi connectivity index (χ0n) is 32.1. The molecule has 278 valence electrons. The number of para-hydroxylation sites is 2. The molecule has 0 fully saturated rings. The molecule has 3 aromatic heterocycles. The van der Waals surface area contributed by atoms with Gasteiger partial charge < -0.3 is 8.83 Å². The molecule has 0 aliphatic heterocycles. The van der Waals surface area contributed by atoms with E-state index in [1.54, 1.807) is 0 Å². The monoisotopic (exact) mass is 765 g/mol. The Morgan fingerprint density at radius 3 is 1.22 bits per heavy atom. The molecule has 0 aliphatic rings. The lowest BCUT2D eigenvalue weighted by atomic mass is 9.87. The summed E-state index contributed by atoms with van der Waals surface area (Å²) >= 11 is 0. The maximum Gasteiger partial charge on any atom is 0.164 e. The highest BCUT2D eigenvalue weighted by molar-refractivity contribution is 6.33. The number of aromatic nitrogens is 3. The molecule has 5 nitrogen and oxygen atoms in total. The normalized spacial score (nSPS) is 12.0. The minimum absolute atomic E-state index is 0.570. The predicted molar refractivity (Wildman–Crippen MR) is 246 cm³/mol. The first-order chi connectivity index (χ1) is 29.7. The largest absolute Gasteiger partial charge is 0.456 e. The lowest BCUT2D eigenvalue weighted by molar-refractivity contribution is 0.668. The van der Waals surface area contributed by atoms with Crippen molar-refractivity contribution in [3.05, 3.63) is 188 Å². The van der Waals surface area contributed by atoms with Crippen molar-refractivity contribution < 1.29 is 8.83 Å². The average molecular weight is 766 g/mol. The molecule has 0 bridgehead atoms. The Kier molecular flexibility index (Phi) is 6.95. The van der Waals surface area contributed by atoms with E-state index in [-0.39, 0.29) is 0 Å². The molecule has 3 heterocycles. The molecule has 0 unspecified atom stereocenters. The van der Waals surface area contributed by atoms with E-state index < -0.39 is 0 Å². The Balaban J connectivity index is 1.03. The van der Waals surface area contributed by atoms with Crippen molar-refractivity contribution in [1.29, 1.82) is 0 Å². The van der Waals surface area contributed by atoms with E-state index in [1.165, 1.54) is 48.7 Å². The molecule has 0 spiro atoms. The van der Waals surface area contributed by atoms with Crippen LogP contribution in [0, 0.1) is 0 Å². The molecule has 0 atom stereocenters. The lowest BCUT2D eigenvalue weighted by Gasteiger charge is -2.16. The van der Waals surface area contributed by atoms with Gasteiger partial charge in [0.2, 0.25) is 0 Å². The second-order valence-electron chi connectivity index (χ2n) is 15.4. The fourth-order valence-corrected chi connectivity index (χ4v) is 9.47. The van der Waals surface area contributed by atoms with E-state index in [9.17, 15) is 0 Å². The summed E-state index contributed by atoms with van der Waals surface area (Å²) in [6, 6.07) is 65.8. The fraction of sp³-hybridized carbons (Fsp3) is 0. The Bertz CT molecular complexity index is 3770. The van der Waals surface area contributed by atoms with E-state index >= 15 is 0 Å². The summed E-state index contributed by atoms with van der Waals surface area (Å²) in [6.07, 6.45) is 0. The molecule has 5 heteroatoms. The number of hydrogen-bond acceptors (Lipinski definition) is 5. The number of hydrogen-bond donors (Lipinski definition) is 0. The Hall–Kier alpha value is -8.15. The first-order valence-electron chi connectivity index (χ1n) is 20.2. The van der Waals surface area contributed by atoms with Crippen LogP contribution in [0.1, 0.15) is 0 Å². The molecule has 0 N–H and O–H groups in total. The molecule has 13 aromatic rings. The van der Waals surface area contributed by atoms with E-state index in [1.807, 2.05) is 60.7 Å². The maximum absolute atomic E-state index is 6.31. The van der Waals surface area contributed by atoms with Crippen molar-refractivity contribution in [2.75, 3.05) is 0 Å². The lowest BCUT2D eigenvalue weighted by Crippen LogP contribution is -2.00. The van der Waals surface area contributed by atoms with Gasteiger partial charge in [0.15, 0.2) is 17.5 Å². The van der Waals surface area contributed by atoms with Gasteiger partial charge >= 0.3 is 0 Å². The van der Waals surface area contributed by atoms with E-state index in [2.05, 4.69) is 127 Å². The third kappa shape index (κ3) is 4.84. The summed E-state index contributed by atoms with van der Waals surface area (Å²) in [6.45, 7) is 0. The van der Waals surface area contributed by atoms with Crippen LogP contribution in [0.5, 0.6) is 0 Å². The highest BCUT2D eigenvalue weighted by atomic mass is 16.3. The van der Waals surface area contributed by atoms with E-state index in [0.717, 1.165) is 66.1 Å². The number of nitrogens with zero attached hydrogens (tertiary/aromatic N) is 3. The minimum atomic E-state index is 0.570. The van der Waals surface area contributed by atoms with Crippen LogP contribution in [-0.4, -0.2) is 15.0 Å². The molecule has 13 rings (SSSR count). The van der Waals surface area contributed by atoms with Crippen LogP contribution in [0.4, 0.5) is 0 Å². The van der Waals surface area contributed by atoms with Crippen molar-refractivity contribution in [2.45, 2.75) is 0 Å². The zero-order valence-corrected chi connectivity index (χ0v) is 32.1. The Labute approximate surface area is 342 Å². The third-order valence-electron chi connectivity index (χ3n) is 12.1. The minimum Gasteiger partial charge on any atom is -0.456 e. The fourth-order valence-electron chi connectivity index (χ4n) is 9.47. The van der Waals surface area contributed by atoms with Gasteiger partial charge in [-0.05, 0) is 84.5 Å². The van der Waals surface area contributed by atoms with Gasteiger partial charge in [-0.25, -0.2) is 15.0 Å². The number of rotatable bonds is 4. The summed E-state index contributed by atoms with van der Waals surface area (Å²) < 4.78 is 12.6. The van der Waals surface area contributed by atoms with Gasteiger partial charge in [-0.15, -0.1) is 0 Å². The number of furan rings is 2. The maximum atomic E-state index is 6.31. The van der Waals surface area contributed by atoms with Crippen LogP contribution >= 0.6 is 0 Å². The second-order valence-corrected chi connectivity index (χ2v) is 15.4. The summed E-state index contributed by atoms with van der Waals surface area (Å²) in [7, 11) is 0. The molecular formula is C55H31N3O2. The summed E-state index contributed by atoms with van der Waals surface area (Å²) in [5.41, 5.74) is 8.16. The highest BCUT2D eigenvalue weighted by Crippen LogP contribution is 2.44. The summed E-state index contributed by atoms with van der Waals surface area (Å²) in [5.74, 6) is 1.72. The first kappa shape index (κ1) is 32.9. The second kappa shape index (κ2) is 12.7. The number of benzene rings is 10. The summed E-state index contributed by atoms with van der Waals surface area (Å²) in [5, 5.41) is 14.0. The molecule has 10 aromatic carbocycles. The van der Waals surface area contributed by atoms with Gasteiger partial charge in [-0.1, -0.05) is 158 Å². The molecule has 0 saturated carbocycles. The topological polar surface area (TPSA) is 65.0 Å². The molecule has 0 amide bonds. The molecular weight excluding hydrogens is 735 g/mol. The van der Waals surface area contributed by atoms with Crippen molar-refractivity contribution in [3.8, 4) is 45.3 Å². The SMILES string of the molecule is c1ccc2c(c1)oc1cccc(-c3nc(-c4ccc(-c5cc6c7ccccc7c7ccccc7c6c6ccccc56)cc4)nc(-c4cccc5oc6ccccc6c45)n3)c12. The van der Waals surface area contributed by atoms with Crippen LogP contribution in [0.15, 0.2) is 197 Å². The predicted octanol–water partition coefficient (Wildman–Crippen LogP) is 15.0. The Morgan fingerprint density at radius 2 is 0.650 bits per heavy atom. The molecule has 60 heavy (non-hydrogen) atoms. The van der Waals surface area contributed by atoms with E-state index in [4.69, 9.17) is 23.8 Å². The highest BCUT2D eigenvalue weighted by Gasteiger charge is 2.21. The van der Waals surface area contributed by atoms with Crippen molar-refractivity contribution >= 4 is 87.0 Å².